The van der Waals surface area contributed by atoms with Crippen LogP contribution >= 0.6 is 0 Å². The van der Waals surface area contributed by atoms with E-state index >= 15 is 0 Å². The van der Waals surface area contributed by atoms with Gasteiger partial charge < -0.3 is 9.84 Å². The third-order valence-corrected chi connectivity index (χ3v) is 2.64. The molecular formula is C14H20O3. The summed E-state index contributed by atoms with van der Waals surface area (Å²) in [5.74, 6) is -0.237. The molecule has 0 bridgehead atoms. The average molecular weight is 236 g/mol. The highest BCUT2D eigenvalue weighted by Gasteiger charge is 2.12. The Morgan fingerprint density at radius 1 is 1.41 bits per heavy atom. The van der Waals surface area contributed by atoms with Crippen LogP contribution in [0, 0.1) is 6.92 Å². The quantitative estimate of drug-likeness (QED) is 0.772. The predicted octanol–water partition coefficient (Wildman–Crippen LogP) is 2.76. The van der Waals surface area contributed by atoms with Gasteiger partial charge in [-0.3, -0.25) is 4.79 Å². The SMILES string of the molecule is CCCOC(=O)CCC(O)c1ccccc1C. The minimum atomic E-state index is -0.592. The van der Waals surface area contributed by atoms with E-state index in [1.165, 1.54) is 0 Å². The Morgan fingerprint density at radius 2 is 2.12 bits per heavy atom. The molecule has 0 heterocycles. The molecule has 3 heteroatoms. The van der Waals surface area contributed by atoms with E-state index in [1.54, 1.807) is 0 Å². The van der Waals surface area contributed by atoms with Crippen molar-refractivity contribution in [1.82, 2.24) is 0 Å². The standard InChI is InChI=1S/C14H20O3/c1-3-10-17-14(16)9-8-13(15)12-7-5-4-6-11(12)2/h4-7,13,15H,3,8-10H2,1-2H3. The van der Waals surface area contributed by atoms with Gasteiger partial charge in [0.05, 0.1) is 12.7 Å². The van der Waals surface area contributed by atoms with E-state index < -0.39 is 6.10 Å². The fraction of sp³-hybridized carbons (Fsp3) is 0.500. The number of benzene rings is 1. The van der Waals surface area contributed by atoms with Gasteiger partial charge in [-0.15, -0.1) is 0 Å². The second kappa shape index (κ2) is 7.07. The van der Waals surface area contributed by atoms with Crippen LogP contribution in [0.15, 0.2) is 24.3 Å². The molecule has 0 fully saturated rings. The smallest absolute Gasteiger partial charge is 0.305 e. The van der Waals surface area contributed by atoms with Crippen molar-refractivity contribution in [2.75, 3.05) is 6.61 Å². The molecule has 0 saturated heterocycles. The molecule has 0 aromatic heterocycles. The van der Waals surface area contributed by atoms with Crippen molar-refractivity contribution in [3.05, 3.63) is 35.4 Å². The van der Waals surface area contributed by atoms with Crippen LogP contribution in [0.5, 0.6) is 0 Å². The Hall–Kier alpha value is -1.35. The molecule has 1 aromatic carbocycles. The van der Waals surface area contributed by atoms with Gasteiger partial charge in [-0.2, -0.15) is 0 Å². The molecule has 0 radical (unpaired) electrons. The molecule has 94 valence electrons. The summed E-state index contributed by atoms with van der Waals surface area (Å²) in [6, 6.07) is 7.66. The second-order valence-corrected chi connectivity index (χ2v) is 4.13. The van der Waals surface area contributed by atoms with Crippen molar-refractivity contribution in [1.29, 1.82) is 0 Å². The lowest BCUT2D eigenvalue weighted by atomic mass is 10.0. The van der Waals surface area contributed by atoms with Crippen LogP contribution in [0.3, 0.4) is 0 Å². The number of hydrogen-bond acceptors (Lipinski definition) is 3. The van der Waals surface area contributed by atoms with Gasteiger partial charge in [-0.25, -0.2) is 0 Å². The highest BCUT2D eigenvalue weighted by atomic mass is 16.5. The van der Waals surface area contributed by atoms with Crippen LogP contribution in [0.1, 0.15) is 43.4 Å². The van der Waals surface area contributed by atoms with Gasteiger partial charge in [0.2, 0.25) is 0 Å². The number of aryl methyl sites for hydroxylation is 1. The first-order valence-corrected chi connectivity index (χ1v) is 6.04. The number of hydrogen-bond donors (Lipinski definition) is 1. The van der Waals surface area contributed by atoms with E-state index in [4.69, 9.17) is 4.74 Å². The van der Waals surface area contributed by atoms with Crippen LogP contribution in [-0.4, -0.2) is 17.7 Å². The van der Waals surface area contributed by atoms with Crippen LogP contribution in [0.2, 0.25) is 0 Å². The molecule has 0 amide bonds. The van der Waals surface area contributed by atoms with E-state index in [2.05, 4.69) is 0 Å². The Morgan fingerprint density at radius 3 is 2.76 bits per heavy atom. The minimum Gasteiger partial charge on any atom is -0.466 e. The minimum absolute atomic E-state index is 0.237. The maximum atomic E-state index is 11.3. The van der Waals surface area contributed by atoms with Crippen LogP contribution in [-0.2, 0) is 9.53 Å². The number of aliphatic hydroxyl groups is 1. The van der Waals surface area contributed by atoms with Gasteiger partial charge in [-0.05, 0) is 30.9 Å². The summed E-state index contributed by atoms with van der Waals surface area (Å²) < 4.78 is 4.96. The first-order valence-electron chi connectivity index (χ1n) is 6.04. The lowest BCUT2D eigenvalue weighted by Gasteiger charge is -2.13. The maximum absolute atomic E-state index is 11.3. The molecule has 3 nitrogen and oxygen atoms in total. The van der Waals surface area contributed by atoms with E-state index in [1.807, 2.05) is 38.1 Å². The van der Waals surface area contributed by atoms with Crippen molar-refractivity contribution in [3.8, 4) is 0 Å². The molecule has 0 saturated carbocycles. The lowest BCUT2D eigenvalue weighted by Crippen LogP contribution is -2.08. The Bertz CT molecular complexity index is 360. The predicted molar refractivity (Wildman–Crippen MR) is 66.6 cm³/mol. The van der Waals surface area contributed by atoms with E-state index in [9.17, 15) is 9.90 Å². The molecule has 0 spiro atoms. The van der Waals surface area contributed by atoms with Crippen LogP contribution < -0.4 is 0 Å². The molecule has 1 unspecified atom stereocenters. The number of carbonyl (C=O) groups excluding carboxylic acids is 1. The molecule has 0 aliphatic carbocycles. The zero-order valence-corrected chi connectivity index (χ0v) is 10.5. The molecule has 0 aliphatic rings. The Labute approximate surface area is 102 Å². The second-order valence-electron chi connectivity index (χ2n) is 4.13. The van der Waals surface area contributed by atoms with Gasteiger partial charge in [0, 0.05) is 6.42 Å². The molecule has 17 heavy (non-hydrogen) atoms. The third kappa shape index (κ3) is 4.57. The highest BCUT2D eigenvalue weighted by molar-refractivity contribution is 5.69. The average Bonchev–Trinajstić information content (AvgIpc) is 2.34. The molecule has 1 rings (SSSR count). The molecule has 1 atom stereocenters. The first kappa shape index (κ1) is 13.7. The maximum Gasteiger partial charge on any atom is 0.305 e. The van der Waals surface area contributed by atoms with Gasteiger partial charge in [0.25, 0.3) is 0 Å². The number of carbonyl (C=O) groups is 1. The fourth-order valence-electron chi connectivity index (χ4n) is 1.66. The summed E-state index contributed by atoms with van der Waals surface area (Å²) in [4.78, 5) is 11.3. The molecule has 1 N–H and O–H groups in total. The van der Waals surface area contributed by atoms with E-state index in [0.29, 0.717) is 13.0 Å². The number of rotatable bonds is 6. The van der Waals surface area contributed by atoms with Crippen molar-refractivity contribution in [3.63, 3.8) is 0 Å². The summed E-state index contributed by atoms with van der Waals surface area (Å²) in [6.45, 7) is 4.36. The highest BCUT2D eigenvalue weighted by Crippen LogP contribution is 2.21. The summed E-state index contributed by atoms with van der Waals surface area (Å²) in [5, 5.41) is 9.97. The number of aliphatic hydroxyl groups excluding tert-OH is 1. The number of ether oxygens (including phenoxy) is 1. The fourth-order valence-corrected chi connectivity index (χ4v) is 1.66. The van der Waals surface area contributed by atoms with Crippen LogP contribution in [0.25, 0.3) is 0 Å². The monoisotopic (exact) mass is 236 g/mol. The van der Waals surface area contributed by atoms with Crippen molar-refractivity contribution >= 4 is 5.97 Å². The van der Waals surface area contributed by atoms with E-state index in [0.717, 1.165) is 17.5 Å². The summed E-state index contributed by atoms with van der Waals surface area (Å²) in [6.07, 6.45) is 0.903. The Balaban J connectivity index is 2.42. The molecule has 1 aromatic rings. The van der Waals surface area contributed by atoms with Gasteiger partial charge in [0.1, 0.15) is 0 Å². The topological polar surface area (TPSA) is 46.5 Å². The summed E-state index contributed by atoms with van der Waals surface area (Å²) in [5.41, 5.74) is 1.93. The van der Waals surface area contributed by atoms with Crippen LogP contribution in [0.4, 0.5) is 0 Å². The largest absolute Gasteiger partial charge is 0.466 e. The zero-order valence-electron chi connectivity index (χ0n) is 10.5. The van der Waals surface area contributed by atoms with Crippen molar-refractivity contribution in [2.45, 2.75) is 39.2 Å². The molecular weight excluding hydrogens is 216 g/mol. The molecule has 0 aliphatic heterocycles. The van der Waals surface area contributed by atoms with Gasteiger partial charge >= 0.3 is 5.97 Å². The summed E-state index contributed by atoms with van der Waals surface area (Å²) >= 11 is 0. The van der Waals surface area contributed by atoms with Gasteiger partial charge in [-0.1, -0.05) is 31.2 Å². The first-order chi connectivity index (χ1) is 8.15. The zero-order chi connectivity index (χ0) is 12.7. The third-order valence-electron chi connectivity index (χ3n) is 2.64. The summed E-state index contributed by atoms with van der Waals surface area (Å²) in [7, 11) is 0. The van der Waals surface area contributed by atoms with E-state index in [-0.39, 0.29) is 12.4 Å². The Kier molecular flexibility index (Phi) is 5.70. The normalized spacial score (nSPS) is 12.2. The van der Waals surface area contributed by atoms with Crippen molar-refractivity contribution in [2.24, 2.45) is 0 Å². The number of esters is 1. The van der Waals surface area contributed by atoms with Crippen molar-refractivity contribution < 1.29 is 14.6 Å². The van der Waals surface area contributed by atoms with Gasteiger partial charge in [0.15, 0.2) is 0 Å². The lowest BCUT2D eigenvalue weighted by molar-refractivity contribution is -0.144.